The van der Waals surface area contributed by atoms with Crippen molar-refractivity contribution in [2.24, 2.45) is 0 Å². The molecule has 0 saturated carbocycles. The van der Waals surface area contributed by atoms with Gasteiger partial charge in [0.25, 0.3) is 21.8 Å². The van der Waals surface area contributed by atoms with Crippen LogP contribution in [0.15, 0.2) is 39.8 Å². The van der Waals surface area contributed by atoms with E-state index in [1.54, 1.807) is 20.8 Å². The number of furan rings is 1. The second-order valence-corrected chi connectivity index (χ2v) is 10.2. The van der Waals surface area contributed by atoms with E-state index in [0.717, 1.165) is 6.07 Å². The summed E-state index contributed by atoms with van der Waals surface area (Å²) < 4.78 is 46.4. The Morgan fingerprint density at radius 3 is 2.19 bits per heavy atom. The van der Waals surface area contributed by atoms with Crippen LogP contribution in [0, 0.1) is 5.82 Å². The number of sulfonamides is 1. The van der Waals surface area contributed by atoms with Crippen molar-refractivity contribution in [1.29, 1.82) is 0 Å². The lowest BCUT2D eigenvalue weighted by Crippen LogP contribution is -2.50. The summed E-state index contributed by atoms with van der Waals surface area (Å²) in [5.41, 5.74) is -0.833. The summed E-state index contributed by atoms with van der Waals surface area (Å²) in [4.78, 5) is 28.2. The number of hydrogen-bond donors (Lipinski definition) is 1. The summed E-state index contributed by atoms with van der Waals surface area (Å²) in [5.74, 6) is -1.78. The molecule has 2 heterocycles. The second-order valence-electron chi connectivity index (χ2n) is 8.18. The number of hydrogen-bond acceptors (Lipinski definition) is 5. The monoisotopic (exact) mass is 471 g/mol. The van der Waals surface area contributed by atoms with Crippen LogP contribution in [0.2, 0.25) is 5.02 Å². The zero-order valence-electron chi connectivity index (χ0n) is 17.3. The van der Waals surface area contributed by atoms with Gasteiger partial charge in [0.05, 0.1) is 5.56 Å². The molecule has 8 nitrogen and oxygen atoms in total. The molecule has 0 bridgehead atoms. The number of amides is 2. The van der Waals surface area contributed by atoms with Crippen LogP contribution in [0.5, 0.6) is 0 Å². The standard InChI is InChI=1S/C20H23ClFN3O5S/c1-20(2,3)23-31(28,29)17-7-6-16(30-17)19(27)25-10-8-24(9-11-25)18(26)14-12-13(21)4-5-15(14)22/h4-7,12,23H,8-11H2,1-3H3. The smallest absolute Gasteiger partial charge is 0.289 e. The zero-order valence-corrected chi connectivity index (χ0v) is 18.9. The first-order valence-corrected chi connectivity index (χ1v) is 11.4. The maximum absolute atomic E-state index is 14.0. The van der Waals surface area contributed by atoms with E-state index in [-0.39, 0.29) is 47.6 Å². The number of nitrogens with zero attached hydrogens (tertiary/aromatic N) is 2. The molecule has 0 radical (unpaired) electrons. The van der Waals surface area contributed by atoms with Crippen molar-refractivity contribution >= 4 is 33.4 Å². The Balaban J connectivity index is 1.65. The van der Waals surface area contributed by atoms with E-state index in [1.807, 2.05) is 0 Å². The predicted molar refractivity (Wildman–Crippen MR) is 112 cm³/mol. The fourth-order valence-electron chi connectivity index (χ4n) is 3.13. The number of nitrogens with one attached hydrogen (secondary N) is 1. The molecule has 0 spiro atoms. The van der Waals surface area contributed by atoms with E-state index in [0.29, 0.717) is 0 Å². The molecule has 0 aliphatic carbocycles. The molecule has 1 aliphatic heterocycles. The molecule has 1 aliphatic rings. The number of piperazine rings is 1. The summed E-state index contributed by atoms with van der Waals surface area (Å²) in [5, 5.41) is -0.0980. The second kappa shape index (κ2) is 8.60. The molecule has 1 aromatic heterocycles. The lowest BCUT2D eigenvalue weighted by Gasteiger charge is -2.34. The van der Waals surface area contributed by atoms with Gasteiger partial charge in [-0.2, -0.15) is 0 Å². The lowest BCUT2D eigenvalue weighted by molar-refractivity contribution is 0.0512. The van der Waals surface area contributed by atoms with Crippen molar-refractivity contribution in [3.05, 3.63) is 52.5 Å². The Labute approximate surface area is 185 Å². The Morgan fingerprint density at radius 1 is 1.03 bits per heavy atom. The number of benzene rings is 1. The van der Waals surface area contributed by atoms with Gasteiger partial charge in [-0.3, -0.25) is 9.59 Å². The number of halogens is 2. The van der Waals surface area contributed by atoms with Gasteiger partial charge < -0.3 is 14.2 Å². The highest BCUT2D eigenvalue weighted by Crippen LogP contribution is 2.20. The predicted octanol–water partition coefficient (Wildman–Crippen LogP) is 2.75. The molecule has 1 N–H and O–H groups in total. The molecule has 168 valence electrons. The van der Waals surface area contributed by atoms with Gasteiger partial charge in [-0.05, 0) is 51.1 Å². The molecule has 11 heteroatoms. The minimum Gasteiger partial charge on any atom is -0.438 e. The van der Waals surface area contributed by atoms with Crippen molar-refractivity contribution in [3.63, 3.8) is 0 Å². The molecule has 0 unspecified atom stereocenters. The average Bonchev–Trinajstić information content (AvgIpc) is 3.18. The van der Waals surface area contributed by atoms with Gasteiger partial charge >= 0.3 is 0 Å². The van der Waals surface area contributed by atoms with Crippen LogP contribution in [-0.2, 0) is 10.0 Å². The highest BCUT2D eigenvalue weighted by atomic mass is 35.5. The fourth-order valence-corrected chi connectivity index (χ4v) is 4.66. The van der Waals surface area contributed by atoms with Crippen LogP contribution in [0.1, 0.15) is 41.7 Å². The molecule has 31 heavy (non-hydrogen) atoms. The summed E-state index contributed by atoms with van der Waals surface area (Å²) in [7, 11) is -3.91. The molecule has 2 aromatic rings. The highest BCUT2D eigenvalue weighted by Gasteiger charge is 2.30. The molecule has 1 saturated heterocycles. The van der Waals surface area contributed by atoms with Crippen LogP contribution in [-0.4, -0.2) is 61.7 Å². The van der Waals surface area contributed by atoms with Gasteiger partial charge in [0.15, 0.2) is 5.76 Å². The first-order valence-electron chi connectivity index (χ1n) is 9.55. The zero-order chi connectivity index (χ0) is 23.0. The Kier molecular flexibility index (Phi) is 6.45. The summed E-state index contributed by atoms with van der Waals surface area (Å²) in [6.45, 7) is 5.83. The Hall–Kier alpha value is -2.43. The number of carbonyl (C=O) groups is 2. The third-order valence-corrected chi connectivity index (χ3v) is 6.38. The van der Waals surface area contributed by atoms with Gasteiger partial charge in [-0.15, -0.1) is 0 Å². The van der Waals surface area contributed by atoms with Gasteiger partial charge in [0.1, 0.15) is 5.82 Å². The molecule has 1 fully saturated rings. The fraction of sp³-hybridized carbons (Fsp3) is 0.400. The van der Waals surface area contributed by atoms with Gasteiger partial charge in [-0.1, -0.05) is 11.6 Å². The minimum absolute atomic E-state index is 0.116. The Bertz CT molecular complexity index is 1100. The molecule has 1 aromatic carbocycles. The van der Waals surface area contributed by atoms with E-state index in [9.17, 15) is 22.4 Å². The Morgan fingerprint density at radius 2 is 1.61 bits per heavy atom. The summed E-state index contributed by atoms with van der Waals surface area (Å²) in [6, 6.07) is 6.29. The maximum Gasteiger partial charge on any atom is 0.289 e. The van der Waals surface area contributed by atoms with E-state index in [4.69, 9.17) is 16.0 Å². The van der Waals surface area contributed by atoms with Gasteiger partial charge in [0.2, 0.25) is 5.09 Å². The first-order chi connectivity index (χ1) is 14.4. The number of rotatable bonds is 4. The van der Waals surface area contributed by atoms with Crippen LogP contribution < -0.4 is 4.72 Å². The normalized spacial score (nSPS) is 15.3. The van der Waals surface area contributed by atoms with Crippen molar-refractivity contribution < 1.29 is 26.8 Å². The van der Waals surface area contributed by atoms with Crippen molar-refractivity contribution in [1.82, 2.24) is 14.5 Å². The SMILES string of the molecule is CC(C)(C)NS(=O)(=O)c1ccc(C(=O)N2CCN(C(=O)c3cc(Cl)ccc3F)CC2)o1. The number of carbonyl (C=O) groups excluding carboxylic acids is 2. The molecule has 3 rings (SSSR count). The molecule has 2 amide bonds. The van der Waals surface area contributed by atoms with E-state index < -0.39 is 33.2 Å². The van der Waals surface area contributed by atoms with Crippen LogP contribution >= 0.6 is 11.6 Å². The first kappa shape index (κ1) is 23.2. The molecule has 0 atom stereocenters. The largest absolute Gasteiger partial charge is 0.438 e. The third-order valence-electron chi connectivity index (χ3n) is 4.51. The molecular formula is C20H23ClFN3O5S. The minimum atomic E-state index is -3.91. The highest BCUT2D eigenvalue weighted by molar-refractivity contribution is 7.89. The van der Waals surface area contributed by atoms with E-state index >= 15 is 0 Å². The lowest BCUT2D eigenvalue weighted by atomic mass is 10.1. The van der Waals surface area contributed by atoms with Crippen molar-refractivity contribution in [2.45, 2.75) is 31.4 Å². The summed E-state index contributed by atoms with van der Waals surface area (Å²) in [6.07, 6.45) is 0. The quantitative estimate of drug-likeness (QED) is 0.739. The van der Waals surface area contributed by atoms with Crippen LogP contribution in [0.25, 0.3) is 0 Å². The maximum atomic E-state index is 14.0. The average molecular weight is 472 g/mol. The van der Waals surface area contributed by atoms with E-state index in [2.05, 4.69) is 4.72 Å². The van der Waals surface area contributed by atoms with Crippen LogP contribution in [0.4, 0.5) is 4.39 Å². The molecular weight excluding hydrogens is 449 g/mol. The van der Waals surface area contributed by atoms with Crippen molar-refractivity contribution in [2.75, 3.05) is 26.2 Å². The topological polar surface area (TPSA) is 99.9 Å². The van der Waals surface area contributed by atoms with Crippen molar-refractivity contribution in [3.8, 4) is 0 Å². The third kappa shape index (κ3) is 5.44. The van der Waals surface area contributed by atoms with Gasteiger partial charge in [0, 0.05) is 36.7 Å². The van der Waals surface area contributed by atoms with E-state index in [1.165, 1.54) is 34.1 Å². The van der Waals surface area contributed by atoms with Crippen LogP contribution in [0.3, 0.4) is 0 Å². The summed E-state index contributed by atoms with van der Waals surface area (Å²) >= 11 is 5.85. The van der Waals surface area contributed by atoms with Gasteiger partial charge in [-0.25, -0.2) is 17.5 Å².